The summed E-state index contributed by atoms with van der Waals surface area (Å²) >= 11 is 0. The number of halogens is 3. The highest BCUT2D eigenvalue weighted by Crippen LogP contribution is 2.38. The van der Waals surface area contributed by atoms with Crippen LogP contribution in [0.25, 0.3) is 0 Å². The second-order valence-corrected chi connectivity index (χ2v) is 8.86. The van der Waals surface area contributed by atoms with Crippen LogP contribution in [0.15, 0.2) is 53.7 Å². The van der Waals surface area contributed by atoms with E-state index in [1.807, 2.05) is 56.3 Å². The number of hydrogen-bond donors (Lipinski definition) is 2. The maximum Gasteiger partial charge on any atom is 0.453 e. The highest BCUT2D eigenvalue weighted by molar-refractivity contribution is 6.06. The number of aryl methyl sites for hydroxylation is 2. The number of carbonyl (C=O) groups excluding carboxylic acids is 1. The summed E-state index contributed by atoms with van der Waals surface area (Å²) in [7, 11) is 0. The van der Waals surface area contributed by atoms with Crippen molar-refractivity contribution in [3.63, 3.8) is 0 Å². The zero-order valence-electron chi connectivity index (χ0n) is 19.6. The second kappa shape index (κ2) is 8.62. The maximum atomic E-state index is 13.5. The molecule has 4 rings (SSSR count). The molecule has 0 spiro atoms. The van der Waals surface area contributed by atoms with Gasteiger partial charge in [-0.15, -0.1) is 5.10 Å². The van der Waals surface area contributed by atoms with Gasteiger partial charge >= 0.3 is 6.18 Å². The normalized spacial score (nSPS) is 15.9. The van der Waals surface area contributed by atoms with E-state index in [4.69, 9.17) is 0 Å². The van der Waals surface area contributed by atoms with E-state index < -0.39 is 23.9 Å². The zero-order valence-corrected chi connectivity index (χ0v) is 19.6. The van der Waals surface area contributed by atoms with Crippen LogP contribution in [0.1, 0.15) is 60.8 Å². The second-order valence-electron chi connectivity index (χ2n) is 8.86. The third-order valence-corrected chi connectivity index (χ3v) is 5.90. The molecule has 1 aromatic heterocycles. The van der Waals surface area contributed by atoms with Crippen molar-refractivity contribution in [3.05, 3.63) is 81.8 Å². The van der Waals surface area contributed by atoms with Gasteiger partial charge in [0.25, 0.3) is 11.7 Å². The summed E-state index contributed by atoms with van der Waals surface area (Å²) in [4.78, 5) is 17.1. The molecule has 1 aliphatic heterocycles. The molecule has 1 amide bonds. The van der Waals surface area contributed by atoms with E-state index in [0.29, 0.717) is 16.9 Å². The fraction of sp³-hybridized carbons (Fsp3) is 0.320. The topological polar surface area (TPSA) is 71.8 Å². The standard InChI is InChI=1S/C25H26F3N5O/c1-13(2)17-7-9-18(10-8-17)21-20(22(34)30-19-11-6-14(3)12-15(19)4)16(5)29-24-31-23(25(26,27)28)32-33(21)24/h6-13,21H,1-5H3,(H,30,34)(H,29,31,32)/t21-/m0/s1. The van der Waals surface area contributed by atoms with Crippen molar-refractivity contribution in [3.8, 4) is 0 Å². The number of anilines is 2. The number of fused-ring (bicyclic) bond motifs is 1. The third kappa shape index (κ3) is 4.42. The molecule has 3 aromatic rings. The first kappa shape index (κ1) is 23.5. The van der Waals surface area contributed by atoms with Gasteiger partial charge in [-0.2, -0.15) is 18.2 Å². The van der Waals surface area contributed by atoms with Gasteiger partial charge in [0.15, 0.2) is 0 Å². The van der Waals surface area contributed by atoms with Gasteiger partial charge in [0, 0.05) is 11.4 Å². The number of nitrogens with zero attached hydrogens (tertiary/aromatic N) is 3. The van der Waals surface area contributed by atoms with Crippen LogP contribution in [-0.4, -0.2) is 20.7 Å². The minimum Gasteiger partial charge on any atom is -0.328 e. The van der Waals surface area contributed by atoms with Gasteiger partial charge < -0.3 is 10.6 Å². The lowest BCUT2D eigenvalue weighted by Crippen LogP contribution is -2.31. The Morgan fingerprint density at radius 1 is 1.09 bits per heavy atom. The maximum absolute atomic E-state index is 13.5. The molecule has 0 fully saturated rings. The average molecular weight is 470 g/mol. The SMILES string of the molecule is CC1=C(C(=O)Nc2ccc(C)cc2C)[C@H](c2ccc(C(C)C)cc2)n2nc(C(F)(F)F)nc2N1. The Hall–Kier alpha value is -3.62. The van der Waals surface area contributed by atoms with E-state index in [-0.39, 0.29) is 17.4 Å². The molecule has 34 heavy (non-hydrogen) atoms. The summed E-state index contributed by atoms with van der Waals surface area (Å²) in [5.41, 5.74) is 4.96. The molecule has 1 atom stereocenters. The average Bonchev–Trinajstić information content (AvgIpc) is 3.19. The van der Waals surface area contributed by atoms with Crippen molar-refractivity contribution < 1.29 is 18.0 Å². The number of alkyl halides is 3. The van der Waals surface area contributed by atoms with Gasteiger partial charge in [-0.25, -0.2) is 4.68 Å². The van der Waals surface area contributed by atoms with Crippen LogP contribution in [0.2, 0.25) is 0 Å². The van der Waals surface area contributed by atoms with Gasteiger partial charge in [-0.05, 0) is 49.4 Å². The highest BCUT2D eigenvalue weighted by Gasteiger charge is 2.41. The molecule has 2 N–H and O–H groups in total. The Balaban J connectivity index is 1.81. The number of benzene rings is 2. The van der Waals surface area contributed by atoms with Crippen molar-refractivity contribution in [1.82, 2.24) is 14.8 Å². The van der Waals surface area contributed by atoms with E-state index in [0.717, 1.165) is 21.4 Å². The molecular weight excluding hydrogens is 443 g/mol. The zero-order chi connectivity index (χ0) is 24.8. The summed E-state index contributed by atoms with van der Waals surface area (Å²) in [5.74, 6) is -1.47. The first-order valence-corrected chi connectivity index (χ1v) is 11.0. The Morgan fingerprint density at radius 2 is 1.76 bits per heavy atom. The lowest BCUT2D eigenvalue weighted by Gasteiger charge is -2.29. The summed E-state index contributed by atoms with van der Waals surface area (Å²) in [5, 5.41) is 9.49. The first-order valence-electron chi connectivity index (χ1n) is 11.0. The van der Waals surface area contributed by atoms with E-state index in [9.17, 15) is 18.0 Å². The molecule has 2 heterocycles. The predicted octanol–water partition coefficient (Wildman–Crippen LogP) is 5.96. The molecule has 9 heteroatoms. The summed E-state index contributed by atoms with van der Waals surface area (Å²) in [6.45, 7) is 9.60. The molecule has 2 aromatic carbocycles. The van der Waals surface area contributed by atoms with E-state index in [1.165, 1.54) is 0 Å². The third-order valence-electron chi connectivity index (χ3n) is 5.90. The minimum atomic E-state index is -4.71. The van der Waals surface area contributed by atoms with Crippen molar-refractivity contribution in [2.75, 3.05) is 10.6 Å². The molecule has 6 nitrogen and oxygen atoms in total. The van der Waals surface area contributed by atoms with Crippen LogP contribution in [0.3, 0.4) is 0 Å². The molecule has 0 aliphatic carbocycles. The van der Waals surface area contributed by atoms with Gasteiger partial charge in [0.2, 0.25) is 5.95 Å². The Bertz CT molecular complexity index is 1270. The number of amides is 1. The largest absolute Gasteiger partial charge is 0.453 e. The lowest BCUT2D eigenvalue weighted by molar-refractivity contribution is -0.145. The molecule has 0 saturated heterocycles. The van der Waals surface area contributed by atoms with Crippen LogP contribution >= 0.6 is 0 Å². The minimum absolute atomic E-state index is 0.0640. The molecule has 178 valence electrons. The van der Waals surface area contributed by atoms with Crippen LogP contribution in [0.5, 0.6) is 0 Å². The van der Waals surface area contributed by atoms with Crippen LogP contribution < -0.4 is 10.6 Å². The van der Waals surface area contributed by atoms with E-state index >= 15 is 0 Å². The number of rotatable bonds is 4. The molecular formula is C25H26F3N5O. The van der Waals surface area contributed by atoms with Gasteiger partial charge in [-0.1, -0.05) is 55.8 Å². The number of aromatic nitrogens is 3. The molecule has 0 unspecified atom stereocenters. The quantitative estimate of drug-likeness (QED) is 0.494. The first-order chi connectivity index (χ1) is 16.0. The van der Waals surface area contributed by atoms with Crippen LogP contribution in [0.4, 0.5) is 24.8 Å². The van der Waals surface area contributed by atoms with Crippen molar-refractivity contribution in [1.29, 1.82) is 0 Å². The van der Waals surface area contributed by atoms with Crippen molar-refractivity contribution in [2.24, 2.45) is 0 Å². The van der Waals surface area contributed by atoms with Gasteiger partial charge in [0.1, 0.15) is 6.04 Å². The number of allylic oxidation sites excluding steroid dienone is 1. The smallest absolute Gasteiger partial charge is 0.328 e. The van der Waals surface area contributed by atoms with Gasteiger partial charge in [-0.3, -0.25) is 4.79 Å². The summed E-state index contributed by atoms with van der Waals surface area (Å²) < 4.78 is 41.3. The van der Waals surface area contributed by atoms with Crippen LogP contribution in [-0.2, 0) is 11.0 Å². The molecule has 0 radical (unpaired) electrons. The lowest BCUT2D eigenvalue weighted by atomic mass is 9.92. The van der Waals surface area contributed by atoms with E-state index in [2.05, 4.69) is 34.6 Å². The Labute approximate surface area is 195 Å². The van der Waals surface area contributed by atoms with Gasteiger partial charge in [0.05, 0.1) is 5.57 Å². The molecule has 0 bridgehead atoms. The molecule has 1 aliphatic rings. The van der Waals surface area contributed by atoms with Crippen LogP contribution in [0, 0.1) is 13.8 Å². The van der Waals surface area contributed by atoms with Crippen molar-refractivity contribution in [2.45, 2.75) is 52.8 Å². The Morgan fingerprint density at radius 3 is 2.35 bits per heavy atom. The number of carbonyl (C=O) groups is 1. The monoisotopic (exact) mass is 469 g/mol. The summed E-state index contributed by atoms with van der Waals surface area (Å²) in [6.07, 6.45) is -4.71. The fourth-order valence-electron chi connectivity index (χ4n) is 4.08. The fourth-order valence-corrected chi connectivity index (χ4v) is 4.08. The van der Waals surface area contributed by atoms with Crippen molar-refractivity contribution >= 4 is 17.5 Å². The number of hydrogen-bond acceptors (Lipinski definition) is 4. The highest BCUT2D eigenvalue weighted by atomic mass is 19.4. The predicted molar refractivity (Wildman–Crippen MR) is 125 cm³/mol. The summed E-state index contributed by atoms with van der Waals surface area (Å²) in [6, 6.07) is 12.2. The number of nitrogens with one attached hydrogen (secondary N) is 2. The molecule has 0 saturated carbocycles. The van der Waals surface area contributed by atoms with E-state index in [1.54, 1.807) is 6.92 Å². The Kier molecular flexibility index (Phi) is 5.97.